The van der Waals surface area contributed by atoms with Crippen LogP contribution in [0.15, 0.2) is 71.1 Å². The summed E-state index contributed by atoms with van der Waals surface area (Å²) < 4.78 is 7.91. The van der Waals surface area contributed by atoms with E-state index in [-0.39, 0.29) is 5.91 Å². The Morgan fingerprint density at radius 2 is 1.70 bits per heavy atom. The fourth-order valence-corrected chi connectivity index (χ4v) is 7.54. The average molecular weight is 531 g/mol. The van der Waals surface area contributed by atoms with Gasteiger partial charge in [-0.2, -0.15) is 0 Å². The van der Waals surface area contributed by atoms with Crippen LogP contribution in [0.4, 0.5) is 0 Å². The predicted molar refractivity (Wildman–Crippen MR) is 156 cm³/mol. The summed E-state index contributed by atoms with van der Waals surface area (Å²) in [6.07, 6.45) is 4.93. The molecule has 0 saturated carbocycles. The molecule has 1 heterocycles. The molecule has 0 unspecified atom stereocenters. The molecule has 37 heavy (non-hydrogen) atoms. The largest absolute Gasteiger partial charge is 0.494 e. The maximum Gasteiger partial charge on any atom is 0.235 e. The van der Waals surface area contributed by atoms with Crippen molar-refractivity contribution >= 4 is 39.2 Å². The minimum absolute atomic E-state index is 0.141. The maximum atomic E-state index is 13.8. The number of carbonyl (C=O) groups excluding carboxylic acids is 1. The highest BCUT2D eigenvalue weighted by atomic mass is 32.2. The van der Waals surface area contributed by atoms with Gasteiger partial charge in [0.1, 0.15) is 11.2 Å². The third-order valence-corrected chi connectivity index (χ3v) is 9.31. The number of amides is 1. The first-order chi connectivity index (χ1) is 18.2. The molecule has 1 aromatic heterocycles. The van der Waals surface area contributed by atoms with Crippen molar-refractivity contribution in [1.29, 1.82) is 0 Å². The molecule has 4 aromatic rings. The van der Waals surface area contributed by atoms with E-state index in [2.05, 4.69) is 66.8 Å². The smallest absolute Gasteiger partial charge is 0.235 e. The van der Waals surface area contributed by atoms with Crippen LogP contribution in [-0.4, -0.2) is 29.8 Å². The minimum Gasteiger partial charge on any atom is -0.494 e. The Morgan fingerprint density at radius 3 is 2.41 bits per heavy atom. The molecule has 3 aromatic carbocycles. The van der Waals surface area contributed by atoms with Crippen LogP contribution in [0, 0.1) is 0 Å². The Bertz CT molecular complexity index is 1340. The number of thioether (sulfide) groups is 1. The minimum atomic E-state index is -0.610. The molecule has 4 nitrogen and oxygen atoms in total. The van der Waals surface area contributed by atoms with Crippen molar-refractivity contribution in [1.82, 2.24) is 10.3 Å². The van der Waals surface area contributed by atoms with Gasteiger partial charge in [0.25, 0.3) is 0 Å². The summed E-state index contributed by atoms with van der Waals surface area (Å²) in [5, 5.41) is 3.24. The summed E-state index contributed by atoms with van der Waals surface area (Å²) in [5.41, 5.74) is 5.13. The predicted octanol–water partition coefficient (Wildman–Crippen LogP) is 7.84. The summed E-state index contributed by atoms with van der Waals surface area (Å²) in [6, 6.07) is 23.0. The lowest BCUT2D eigenvalue weighted by atomic mass is 9.73. The van der Waals surface area contributed by atoms with Gasteiger partial charge in [-0.1, -0.05) is 80.1 Å². The number of carbonyl (C=O) groups is 1. The zero-order valence-corrected chi connectivity index (χ0v) is 23.2. The molecule has 0 atom stereocenters. The first-order valence-electron chi connectivity index (χ1n) is 13.3. The number of aromatic nitrogens is 1. The Hall–Kier alpha value is -2.83. The van der Waals surface area contributed by atoms with E-state index in [1.54, 1.807) is 11.3 Å². The Kier molecular flexibility index (Phi) is 8.16. The van der Waals surface area contributed by atoms with Crippen LogP contribution in [0.1, 0.15) is 57.1 Å². The van der Waals surface area contributed by atoms with Crippen LogP contribution >= 0.6 is 23.1 Å². The fraction of sp³-hybridized carbons (Fsp3) is 0.355. The lowest BCUT2D eigenvalue weighted by molar-refractivity contribution is -0.125. The van der Waals surface area contributed by atoms with Crippen molar-refractivity contribution in [2.45, 2.75) is 55.7 Å². The summed E-state index contributed by atoms with van der Waals surface area (Å²) >= 11 is 3.56. The number of rotatable bonds is 12. The lowest BCUT2D eigenvalue weighted by Crippen LogP contribution is -2.44. The zero-order chi connectivity index (χ0) is 25.7. The molecule has 0 radical (unpaired) electrons. The van der Waals surface area contributed by atoms with E-state index in [0.717, 1.165) is 64.6 Å². The third-order valence-electron chi connectivity index (χ3n) is 7.06. The molecule has 0 fully saturated rings. The van der Waals surface area contributed by atoms with Gasteiger partial charge in [0.05, 0.1) is 16.8 Å². The van der Waals surface area contributed by atoms with Gasteiger partial charge >= 0.3 is 0 Å². The molecule has 1 amide bonds. The Balaban J connectivity index is 1.24. The monoisotopic (exact) mass is 530 g/mol. The SMILES string of the molecule is CCCNC(=O)C1(CCCCCSc2nc3ccc(OCC)cc3s2)c2ccccc2-c2ccccc21. The van der Waals surface area contributed by atoms with E-state index in [0.29, 0.717) is 13.2 Å². The fourth-order valence-electron chi connectivity index (χ4n) is 5.37. The van der Waals surface area contributed by atoms with Crippen LogP contribution in [0.25, 0.3) is 21.3 Å². The standard InChI is InChI=1S/C31H34N2O2S2/c1-3-19-32-29(34)31(25-14-8-6-12-23(25)24-13-7-9-15-26(24)31)18-10-5-11-20-36-30-33-27-17-16-22(35-4-2)21-28(27)37-30/h6-9,12-17,21H,3-5,10-11,18-20H2,1-2H3,(H,32,34). The first-order valence-corrected chi connectivity index (χ1v) is 15.1. The highest BCUT2D eigenvalue weighted by Crippen LogP contribution is 2.51. The summed E-state index contributed by atoms with van der Waals surface area (Å²) in [6.45, 7) is 5.48. The molecule has 1 aliphatic rings. The number of unbranched alkanes of at least 4 members (excludes halogenated alkanes) is 2. The van der Waals surface area contributed by atoms with Crippen molar-refractivity contribution in [2.75, 3.05) is 18.9 Å². The molecule has 1 aliphatic carbocycles. The second-order valence-electron chi connectivity index (χ2n) is 9.45. The Morgan fingerprint density at radius 1 is 0.973 bits per heavy atom. The number of nitrogens with zero attached hydrogens (tertiary/aromatic N) is 1. The molecular formula is C31H34N2O2S2. The van der Waals surface area contributed by atoms with Crippen LogP contribution in [0.5, 0.6) is 5.75 Å². The summed E-state index contributed by atoms with van der Waals surface area (Å²) in [5.74, 6) is 2.07. The van der Waals surface area contributed by atoms with Gasteiger partial charge in [0, 0.05) is 12.3 Å². The topological polar surface area (TPSA) is 51.2 Å². The van der Waals surface area contributed by atoms with Crippen LogP contribution < -0.4 is 10.1 Å². The van der Waals surface area contributed by atoms with E-state index in [4.69, 9.17) is 9.72 Å². The van der Waals surface area contributed by atoms with E-state index >= 15 is 0 Å². The number of nitrogens with one attached hydrogen (secondary N) is 1. The molecule has 1 N–H and O–H groups in total. The second-order valence-corrected chi connectivity index (χ2v) is 11.8. The van der Waals surface area contributed by atoms with Gasteiger partial charge in [0.2, 0.25) is 5.91 Å². The molecule has 0 aliphatic heterocycles. The van der Waals surface area contributed by atoms with Crippen molar-refractivity contribution in [3.8, 4) is 16.9 Å². The van der Waals surface area contributed by atoms with Gasteiger partial charge < -0.3 is 10.1 Å². The van der Waals surface area contributed by atoms with Gasteiger partial charge in [0.15, 0.2) is 4.34 Å². The Labute approximate surface area is 227 Å². The van der Waals surface area contributed by atoms with Crippen LogP contribution in [0.2, 0.25) is 0 Å². The third kappa shape index (κ3) is 5.14. The summed E-state index contributed by atoms with van der Waals surface area (Å²) in [4.78, 5) is 18.6. The molecule has 5 rings (SSSR count). The van der Waals surface area contributed by atoms with Gasteiger partial charge in [-0.15, -0.1) is 11.3 Å². The lowest BCUT2D eigenvalue weighted by Gasteiger charge is -2.31. The summed E-state index contributed by atoms with van der Waals surface area (Å²) in [7, 11) is 0. The van der Waals surface area contributed by atoms with Gasteiger partial charge in [-0.3, -0.25) is 4.79 Å². The van der Waals surface area contributed by atoms with E-state index in [1.807, 2.05) is 30.8 Å². The van der Waals surface area contributed by atoms with Crippen LogP contribution in [0.3, 0.4) is 0 Å². The first kappa shape index (κ1) is 25.8. The quantitative estimate of drug-likeness (QED) is 0.150. The highest BCUT2D eigenvalue weighted by Gasteiger charge is 2.48. The zero-order valence-electron chi connectivity index (χ0n) is 21.6. The van der Waals surface area contributed by atoms with Crippen molar-refractivity contribution in [2.24, 2.45) is 0 Å². The van der Waals surface area contributed by atoms with Gasteiger partial charge in [-0.05, 0) is 66.6 Å². The molecule has 6 heteroatoms. The van der Waals surface area contributed by atoms with E-state index in [1.165, 1.54) is 15.8 Å². The van der Waals surface area contributed by atoms with Crippen molar-refractivity contribution in [3.63, 3.8) is 0 Å². The van der Waals surface area contributed by atoms with E-state index < -0.39 is 5.41 Å². The van der Waals surface area contributed by atoms with Crippen LogP contribution in [-0.2, 0) is 10.2 Å². The number of ether oxygens (including phenoxy) is 1. The highest BCUT2D eigenvalue weighted by molar-refractivity contribution is 8.01. The molecule has 0 saturated heterocycles. The second kappa shape index (κ2) is 11.7. The van der Waals surface area contributed by atoms with Gasteiger partial charge in [-0.25, -0.2) is 4.98 Å². The van der Waals surface area contributed by atoms with Crippen molar-refractivity contribution < 1.29 is 9.53 Å². The molecule has 192 valence electrons. The number of thiazole rings is 1. The molecular weight excluding hydrogens is 496 g/mol. The molecule has 0 bridgehead atoms. The normalized spacial score (nSPS) is 13.4. The number of hydrogen-bond acceptors (Lipinski definition) is 5. The number of benzene rings is 3. The molecule has 0 spiro atoms. The number of hydrogen-bond donors (Lipinski definition) is 1. The van der Waals surface area contributed by atoms with Crippen molar-refractivity contribution in [3.05, 3.63) is 77.9 Å². The average Bonchev–Trinajstić information content (AvgIpc) is 3.46. The maximum absolute atomic E-state index is 13.8. The number of fused-ring (bicyclic) bond motifs is 4. The van der Waals surface area contributed by atoms with E-state index in [9.17, 15) is 4.79 Å².